The first-order chi connectivity index (χ1) is 14.1. The average molecular weight is 446 g/mol. The zero-order chi connectivity index (χ0) is 21.7. The number of hydrogen-bond donors (Lipinski definition) is 1. The van der Waals surface area contributed by atoms with Gasteiger partial charge in [0.15, 0.2) is 0 Å². The van der Waals surface area contributed by atoms with Gasteiger partial charge in [0.25, 0.3) is 5.91 Å². The highest BCUT2D eigenvalue weighted by atomic mass is 35.5. The molecule has 0 atom stereocenters. The number of sulfonamides is 1. The molecule has 1 amide bonds. The SMILES string of the molecule is Cc1cc(C)c(S(=O)(=O)N2CCC3(CC2)N=C(c2cccc(Cl)c2)C(=O)N3)c(C)c1. The van der Waals surface area contributed by atoms with E-state index in [1.54, 1.807) is 24.3 Å². The molecule has 6 nitrogen and oxygen atoms in total. The van der Waals surface area contributed by atoms with Crippen LogP contribution in [-0.4, -0.2) is 43.1 Å². The largest absolute Gasteiger partial charge is 0.326 e. The topological polar surface area (TPSA) is 78.8 Å². The van der Waals surface area contributed by atoms with Crippen LogP contribution in [0.4, 0.5) is 0 Å². The number of aliphatic imine (C=N–C) groups is 1. The smallest absolute Gasteiger partial charge is 0.272 e. The van der Waals surface area contributed by atoms with Gasteiger partial charge in [-0.15, -0.1) is 0 Å². The first-order valence-electron chi connectivity index (χ1n) is 9.88. The molecule has 1 N–H and O–H groups in total. The van der Waals surface area contributed by atoms with Crippen LogP contribution in [0.2, 0.25) is 5.02 Å². The van der Waals surface area contributed by atoms with Crippen molar-refractivity contribution in [3.8, 4) is 0 Å². The second kappa shape index (κ2) is 7.48. The van der Waals surface area contributed by atoms with Gasteiger partial charge in [-0.25, -0.2) is 8.42 Å². The van der Waals surface area contributed by atoms with E-state index in [-0.39, 0.29) is 5.91 Å². The van der Waals surface area contributed by atoms with Crippen LogP contribution < -0.4 is 5.32 Å². The molecular formula is C22H24ClN3O3S. The minimum absolute atomic E-state index is 0.251. The molecule has 2 aromatic carbocycles. The number of carbonyl (C=O) groups is 1. The molecule has 0 aliphatic carbocycles. The molecular weight excluding hydrogens is 422 g/mol. The molecule has 0 radical (unpaired) electrons. The number of carbonyl (C=O) groups excluding carboxylic acids is 1. The number of piperidine rings is 1. The highest BCUT2D eigenvalue weighted by Gasteiger charge is 2.44. The Labute approximate surface area is 182 Å². The highest BCUT2D eigenvalue weighted by Crippen LogP contribution is 2.33. The summed E-state index contributed by atoms with van der Waals surface area (Å²) in [6.45, 7) is 6.21. The van der Waals surface area contributed by atoms with E-state index in [0.717, 1.165) is 16.7 Å². The Morgan fingerprint density at radius 3 is 2.30 bits per heavy atom. The number of amides is 1. The number of benzene rings is 2. The summed E-state index contributed by atoms with van der Waals surface area (Å²) >= 11 is 6.05. The van der Waals surface area contributed by atoms with E-state index < -0.39 is 15.7 Å². The van der Waals surface area contributed by atoms with Crippen LogP contribution in [0.3, 0.4) is 0 Å². The van der Waals surface area contributed by atoms with Crippen LogP contribution in [0, 0.1) is 20.8 Å². The Bertz CT molecular complexity index is 1140. The Kier molecular flexibility index (Phi) is 5.24. The summed E-state index contributed by atoms with van der Waals surface area (Å²) in [5, 5.41) is 3.51. The monoisotopic (exact) mass is 445 g/mol. The van der Waals surface area contributed by atoms with Gasteiger partial charge in [0.05, 0.1) is 4.90 Å². The van der Waals surface area contributed by atoms with Crippen molar-refractivity contribution < 1.29 is 13.2 Å². The minimum atomic E-state index is -3.62. The molecule has 2 aromatic rings. The number of halogens is 1. The summed E-state index contributed by atoms with van der Waals surface area (Å²) in [4.78, 5) is 17.6. The molecule has 30 heavy (non-hydrogen) atoms. The van der Waals surface area contributed by atoms with Gasteiger partial charge in [-0.3, -0.25) is 9.79 Å². The molecule has 2 aliphatic rings. The summed E-state index contributed by atoms with van der Waals surface area (Å²) in [7, 11) is -3.62. The third-order valence-electron chi connectivity index (χ3n) is 5.74. The van der Waals surface area contributed by atoms with Gasteiger partial charge in [-0.05, 0) is 44.0 Å². The van der Waals surface area contributed by atoms with Gasteiger partial charge < -0.3 is 5.32 Å². The lowest BCUT2D eigenvalue weighted by atomic mass is 10.00. The normalized spacial score (nSPS) is 19.1. The van der Waals surface area contributed by atoms with Gasteiger partial charge in [-0.1, -0.05) is 41.4 Å². The first-order valence-corrected chi connectivity index (χ1v) is 11.7. The lowest BCUT2D eigenvalue weighted by Gasteiger charge is -2.36. The van der Waals surface area contributed by atoms with E-state index in [2.05, 4.69) is 10.3 Å². The van der Waals surface area contributed by atoms with Crippen LogP contribution in [-0.2, 0) is 14.8 Å². The number of nitrogens with zero attached hydrogens (tertiary/aromatic N) is 2. The summed E-state index contributed by atoms with van der Waals surface area (Å²) < 4.78 is 28.1. The fourth-order valence-corrected chi connectivity index (χ4v) is 6.47. The van der Waals surface area contributed by atoms with Crippen LogP contribution in [0.15, 0.2) is 46.3 Å². The fourth-order valence-electron chi connectivity index (χ4n) is 4.43. The first kappa shape index (κ1) is 21.0. The third kappa shape index (κ3) is 3.66. The van der Waals surface area contributed by atoms with E-state index in [0.29, 0.717) is 47.1 Å². The lowest BCUT2D eigenvalue weighted by Crippen LogP contribution is -2.52. The fraction of sp³-hybridized carbons (Fsp3) is 0.364. The molecule has 0 saturated carbocycles. The lowest BCUT2D eigenvalue weighted by molar-refractivity contribution is -0.115. The molecule has 1 fully saturated rings. The maximum atomic E-state index is 13.3. The Hall–Kier alpha value is -2.22. The van der Waals surface area contributed by atoms with Gasteiger partial charge in [0.2, 0.25) is 10.0 Å². The van der Waals surface area contributed by atoms with Gasteiger partial charge in [0.1, 0.15) is 11.4 Å². The van der Waals surface area contributed by atoms with Crippen molar-refractivity contribution in [1.29, 1.82) is 0 Å². The quantitative estimate of drug-likeness (QED) is 0.786. The van der Waals surface area contributed by atoms with Crippen molar-refractivity contribution in [2.45, 2.75) is 44.2 Å². The van der Waals surface area contributed by atoms with Crippen molar-refractivity contribution in [2.24, 2.45) is 4.99 Å². The van der Waals surface area contributed by atoms with Gasteiger partial charge >= 0.3 is 0 Å². The van der Waals surface area contributed by atoms with Crippen molar-refractivity contribution >= 4 is 33.2 Å². The molecule has 2 aliphatic heterocycles. The number of nitrogens with one attached hydrogen (secondary N) is 1. The Morgan fingerprint density at radius 1 is 1.07 bits per heavy atom. The maximum Gasteiger partial charge on any atom is 0.272 e. The molecule has 4 rings (SSSR count). The predicted molar refractivity (Wildman–Crippen MR) is 118 cm³/mol. The van der Waals surface area contributed by atoms with Gasteiger partial charge in [0, 0.05) is 36.5 Å². The van der Waals surface area contributed by atoms with Gasteiger partial charge in [-0.2, -0.15) is 4.31 Å². The molecule has 0 bridgehead atoms. The van der Waals surface area contributed by atoms with E-state index in [4.69, 9.17) is 11.6 Å². The molecule has 1 saturated heterocycles. The van der Waals surface area contributed by atoms with Crippen LogP contribution in [0.5, 0.6) is 0 Å². The number of rotatable bonds is 3. The van der Waals surface area contributed by atoms with Crippen LogP contribution in [0.25, 0.3) is 0 Å². The molecule has 0 unspecified atom stereocenters. The van der Waals surface area contributed by atoms with Crippen molar-refractivity contribution in [3.05, 3.63) is 63.7 Å². The summed E-state index contributed by atoms with van der Waals surface area (Å²) in [6.07, 6.45) is 0.845. The highest BCUT2D eigenvalue weighted by molar-refractivity contribution is 7.89. The van der Waals surface area contributed by atoms with E-state index >= 15 is 0 Å². The molecule has 2 heterocycles. The van der Waals surface area contributed by atoms with Crippen LogP contribution >= 0.6 is 11.6 Å². The van der Waals surface area contributed by atoms with E-state index in [1.807, 2.05) is 32.9 Å². The van der Waals surface area contributed by atoms with E-state index in [1.165, 1.54) is 4.31 Å². The zero-order valence-electron chi connectivity index (χ0n) is 17.2. The third-order valence-corrected chi connectivity index (χ3v) is 8.18. The van der Waals surface area contributed by atoms with Crippen molar-refractivity contribution in [2.75, 3.05) is 13.1 Å². The second-order valence-electron chi connectivity index (χ2n) is 8.09. The molecule has 8 heteroatoms. The Morgan fingerprint density at radius 2 is 1.70 bits per heavy atom. The maximum absolute atomic E-state index is 13.3. The molecule has 0 aromatic heterocycles. The molecule has 158 valence electrons. The van der Waals surface area contributed by atoms with Crippen molar-refractivity contribution in [1.82, 2.24) is 9.62 Å². The predicted octanol–water partition coefficient (Wildman–Crippen LogP) is 3.37. The van der Waals surface area contributed by atoms with E-state index in [9.17, 15) is 13.2 Å². The number of aryl methyl sites for hydroxylation is 3. The molecule has 1 spiro atoms. The second-order valence-corrected chi connectivity index (χ2v) is 10.4. The standard InChI is InChI=1S/C22H24ClN3O3S/c1-14-11-15(2)20(16(3)12-14)30(28,29)26-9-7-22(8-10-26)24-19(21(27)25-22)17-5-4-6-18(23)13-17/h4-6,11-13H,7-10H2,1-3H3,(H,25,27). The summed E-state index contributed by atoms with van der Waals surface area (Å²) in [5.74, 6) is -0.251. The summed E-state index contributed by atoms with van der Waals surface area (Å²) in [6, 6.07) is 10.8. The summed E-state index contributed by atoms with van der Waals surface area (Å²) in [5.41, 5.74) is 2.79. The Balaban J connectivity index is 1.58. The minimum Gasteiger partial charge on any atom is -0.326 e. The zero-order valence-corrected chi connectivity index (χ0v) is 18.8. The average Bonchev–Trinajstić information content (AvgIpc) is 2.97. The van der Waals surface area contributed by atoms with Crippen molar-refractivity contribution in [3.63, 3.8) is 0 Å². The van der Waals surface area contributed by atoms with Crippen LogP contribution in [0.1, 0.15) is 35.1 Å². The number of hydrogen-bond acceptors (Lipinski definition) is 4.